The number of unbranched alkanes of at least 4 members (excludes halogenated alkanes) is 1. The standard InChI is InChI=1S/C13H27NO2S/c1-5-7-10-17(15,16)11-8-9-13(3,4)12(11)14-6-2/h11-12,14H,5-10H2,1-4H3. The van der Waals surface area contributed by atoms with Crippen molar-refractivity contribution >= 4 is 9.84 Å². The first-order valence-corrected chi connectivity index (χ1v) is 8.51. The first-order valence-electron chi connectivity index (χ1n) is 6.80. The Bertz CT molecular complexity index is 335. The number of hydrogen-bond donors (Lipinski definition) is 1. The van der Waals surface area contributed by atoms with Gasteiger partial charge in [0.25, 0.3) is 0 Å². The molecule has 17 heavy (non-hydrogen) atoms. The summed E-state index contributed by atoms with van der Waals surface area (Å²) in [5, 5.41) is 3.21. The van der Waals surface area contributed by atoms with Gasteiger partial charge in [-0.2, -0.15) is 0 Å². The van der Waals surface area contributed by atoms with E-state index in [9.17, 15) is 8.42 Å². The molecule has 0 aromatic carbocycles. The van der Waals surface area contributed by atoms with E-state index in [2.05, 4.69) is 19.2 Å². The van der Waals surface area contributed by atoms with Crippen molar-refractivity contribution in [2.75, 3.05) is 12.3 Å². The molecule has 1 fully saturated rings. The predicted molar refractivity (Wildman–Crippen MR) is 73.0 cm³/mol. The first kappa shape index (κ1) is 15.0. The molecule has 1 rings (SSSR count). The molecule has 0 aromatic rings. The minimum Gasteiger partial charge on any atom is -0.312 e. The summed E-state index contributed by atoms with van der Waals surface area (Å²) in [5.41, 5.74) is 0.0972. The largest absolute Gasteiger partial charge is 0.312 e. The van der Waals surface area contributed by atoms with Gasteiger partial charge in [0.2, 0.25) is 0 Å². The molecule has 1 N–H and O–H groups in total. The number of hydrogen-bond acceptors (Lipinski definition) is 3. The fraction of sp³-hybridized carbons (Fsp3) is 1.00. The number of nitrogens with one attached hydrogen (secondary N) is 1. The van der Waals surface area contributed by atoms with E-state index in [1.807, 2.05) is 13.8 Å². The summed E-state index contributed by atoms with van der Waals surface area (Å²) in [6, 6.07) is 0.120. The zero-order valence-electron chi connectivity index (χ0n) is 11.6. The number of rotatable bonds is 6. The maximum atomic E-state index is 12.3. The van der Waals surface area contributed by atoms with Gasteiger partial charge in [-0.05, 0) is 31.2 Å². The lowest BCUT2D eigenvalue weighted by Crippen LogP contribution is -2.47. The second kappa shape index (κ2) is 5.70. The summed E-state index contributed by atoms with van der Waals surface area (Å²) >= 11 is 0. The topological polar surface area (TPSA) is 46.2 Å². The van der Waals surface area contributed by atoms with Crippen LogP contribution in [0.15, 0.2) is 0 Å². The Morgan fingerprint density at radius 3 is 2.47 bits per heavy atom. The lowest BCUT2D eigenvalue weighted by atomic mass is 9.87. The third-order valence-corrected chi connectivity index (χ3v) is 6.24. The van der Waals surface area contributed by atoms with Crippen LogP contribution in [0.1, 0.15) is 53.4 Å². The van der Waals surface area contributed by atoms with Gasteiger partial charge in [0.15, 0.2) is 9.84 Å². The van der Waals surface area contributed by atoms with Crippen molar-refractivity contribution in [2.24, 2.45) is 5.41 Å². The van der Waals surface area contributed by atoms with Crippen molar-refractivity contribution in [2.45, 2.75) is 64.7 Å². The van der Waals surface area contributed by atoms with Gasteiger partial charge in [-0.15, -0.1) is 0 Å². The molecule has 0 heterocycles. The normalized spacial score (nSPS) is 28.5. The van der Waals surface area contributed by atoms with Crippen LogP contribution < -0.4 is 5.32 Å². The lowest BCUT2D eigenvalue weighted by Gasteiger charge is -2.31. The third kappa shape index (κ3) is 3.44. The Hall–Kier alpha value is -0.0900. The highest BCUT2D eigenvalue weighted by atomic mass is 32.2. The molecule has 0 aromatic heterocycles. The molecule has 0 bridgehead atoms. The van der Waals surface area contributed by atoms with Crippen molar-refractivity contribution in [3.05, 3.63) is 0 Å². The Labute approximate surface area is 106 Å². The summed E-state index contributed by atoms with van der Waals surface area (Å²) in [7, 11) is -2.93. The highest BCUT2D eigenvalue weighted by molar-refractivity contribution is 7.92. The van der Waals surface area contributed by atoms with Crippen LogP contribution in [-0.2, 0) is 9.84 Å². The Kier molecular flexibility index (Phi) is 5.02. The van der Waals surface area contributed by atoms with Crippen molar-refractivity contribution in [1.82, 2.24) is 5.32 Å². The van der Waals surface area contributed by atoms with Crippen molar-refractivity contribution < 1.29 is 8.42 Å². The number of sulfone groups is 1. The van der Waals surface area contributed by atoms with Crippen LogP contribution in [0.3, 0.4) is 0 Å². The minimum atomic E-state index is -2.93. The second-order valence-electron chi connectivity index (χ2n) is 5.82. The summed E-state index contributed by atoms with van der Waals surface area (Å²) in [5.74, 6) is 0.353. The average molecular weight is 261 g/mol. The predicted octanol–water partition coefficient (Wildman–Crippen LogP) is 2.37. The van der Waals surface area contributed by atoms with Crippen molar-refractivity contribution in [1.29, 1.82) is 0 Å². The molecule has 4 heteroatoms. The molecule has 1 aliphatic carbocycles. The minimum absolute atomic E-state index is 0.0972. The van der Waals surface area contributed by atoms with Crippen molar-refractivity contribution in [3.63, 3.8) is 0 Å². The van der Waals surface area contributed by atoms with Gasteiger partial charge in [0.05, 0.1) is 11.0 Å². The molecule has 0 spiro atoms. The molecule has 1 aliphatic rings. The van der Waals surface area contributed by atoms with E-state index in [-0.39, 0.29) is 16.7 Å². The van der Waals surface area contributed by atoms with E-state index in [1.54, 1.807) is 0 Å². The van der Waals surface area contributed by atoms with E-state index in [0.717, 1.165) is 32.2 Å². The van der Waals surface area contributed by atoms with Gasteiger partial charge < -0.3 is 5.32 Å². The Balaban J connectivity index is 2.82. The van der Waals surface area contributed by atoms with Crippen LogP contribution in [0.25, 0.3) is 0 Å². The summed E-state index contributed by atoms with van der Waals surface area (Å²) in [6.07, 6.45) is 3.55. The van der Waals surface area contributed by atoms with Crippen LogP contribution in [-0.4, -0.2) is 32.0 Å². The lowest BCUT2D eigenvalue weighted by molar-refractivity contribution is 0.288. The maximum Gasteiger partial charge on any atom is 0.154 e. The van der Waals surface area contributed by atoms with E-state index in [4.69, 9.17) is 0 Å². The molecular formula is C13H27NO2S. The van der Waals surface area contributed by atoms with Gasteiger partial charge in [0.1, 0.15) is 0 Å². The fourth-order valence-electron chi connectivity index (χ4n) is 2.85. The van der Waals surface area contributed by atoms with Crippen LogP contribution in [0.2, 0.25) is 0 Å². The molecule has 2 unspecified atom stereocenters. The summed E-state index contributed by atoms with van der Waals surface area (Å²) < 4.78 is 24.6. The smallest absolute Gasteiger partial charge is 0.154 e. The average Bonchev–Trinajstić information content (AvgIpc) is 2.53. The zero-order valence-corrected chi connectivity index (χ0v) is 12.4. The monoisotopic (exact) mass is 261 g/mol. The van der Waals surface area contributed by atoms with Crippen LogP contribution in [0.5, 0.6) is 0 Å². The molecule has 0 saturated heterocycles. The highest BCUT2D eigenvalue weighted by Gasteiger charge is 2.46. The summed E-state index contributed by atoms with van der Waals surface area (Å²) in [4.78, 5) is 0. The molecule has 1 saturated carbocycles. The quantitative estimate of drug-likeness (QED) is 0.798. The Morgan fingerprint density at radius 1 is 1.29 bits per heavy atom. The van der Waals surface area contributed by atoms with Gasteiger partial charge in [0, 0.05) is 6.04 Å². The molecule has 0 amide bonds. The van der Waals surface area contributed by atoms with Gasteiger partial charge >= 0.3 is 0 Å². The zero-order chi connectivity index (χ0) is 13.1. The summed E-state index contributed by atoms with van der Waals surface area (Å²) in [6.45, 7) is 9.28. The van der Waals surface area contributed by atoms with E-state index in [0.29, 0.717) is 5.75 Å². The van der Waals surface area contributed by atoms with Gasteiger partial charge in [-0.3, -0.25) is 0 Å². The first-order chi connectivity index (χ1) is 7.85. The molecule has 2 atom stereocenters. The maximum absolute atomic E-state index is 12.3. The van der Waals surface area contributed by atoms with Crippen molar-refractivity contribution in [3.8, 4) is 0 Å². The van der Waals surface area contributed by atoms with Crippen LogP contribution >= 0.6 is 0 Å². The molecule has 0 radical (unpaired) electrons. The molecule has 102 valence electrons. The van der Waals surface area contributed by atoms with Gasteiger partial charge in [-0.1, -0.05) is 34.1 Å². The molecular weight excluding hydrogens is 234 g/mol. The van der Waals surface area contributed by atoms with E-state index >= 15 is 0 Å². The van der Waals surface area contributed by atoms with E-state index in [1.165, 1.54) is 0 Å². The third-order valence-electron chi connectivity index (χ3n) is 3.95. The SMILES string of the molecule is CCCCS(=O)(=O)C1CCC(C)(C)C1NCC. The van der Waals surface area contributed by atoms with Gasteiger partial charge in [-0.25, -0.2) is 8.42 Å². The molecule has 3 nitrogen and oxygen atoms in total. The van der Waals surface area contributed by atoms with Crippen LogP contribution in [0.4, 0.5) is 0 Å². The second-order valence-corrected chi connectivity index (χ2v) is 8.16. The fourth-order valence-corrected chi connectivity index (χ4v) is 5.20. The molecule has 0 aliphatic heterocycles. The Morgan fingerprint density at radius 2 is 1.94 bits per heavy atom. The van der Waals surface area contributed by atoms with E-state index < -0.39 is 9.84 Å². The highest BCUT2D eigenvalue weighted by Crippen LogP contribution is 2.40. The van der Waals surface area contributed by atoms with Crippen LogP contribution in [0, 0.1) is 5.41 Å².